The summed E-state index contributed by atoms with van der Waals surface area (Å²) in [4.78, 5) is 6.41. The molecule has 3 nitrogen and oxygen atoms in total. The van der Waals surface area contributed by atoms with Crippen molar-refractivity contribution in [3.05, 3.63) is 71.4 Å². The van der Waals surface area contributed by atoms with Crippen LogP contribution in [0.1, 0.15) is 5.56 Å². The Balaban J connectivity index is 1.55. The second-order valence-electron chi connectivity index (χ2n) is 6.95. The normalized spacial score (nSPS) is 20.4. The van der Waals surface area contributed by atoms with Gasteiger partial charge >= 0.3 is 0 Å². The highest BCUT2D eigenvalue weighted by Gasteiger charge is 2.38. The number of fused-ring (bicyclic) bond motifs is 1. The molecular weight excluding hydrogens is 368 g/mol. The van der Waals surface area contributed by atoms with Gasteiger partial charge in [0.25, 0.3) is 0 Å². The molecular formula is C21H20ClF2N3. The molecule has 0 amide bonds. The standard InChI is InChI=1S/C21H20ClF2N3/c22-15-6-7-16-18(8-9-25-19(16)10-15)26-20-13-27(12-17(20)21(23)24)11-14-4-2-1-3-5-14/h1-10,17,20-21H,11-13H2,(H,25,26)/t17-,20-/m1/s1. The lowest BCUT2D eigenvalue weighted by Gasteiger charge is -2.21. The van der Waals surface area contributed by atoms with Crippen molar-refractivity contribution in [3.63, 3.8) is 0 Å². The van der Waals surface area contributed by atoms with Crippen LogP contribution in [0.3, 0.4) is 0 Å². The van der Waals surface area contributed by atoms with Crippen LogP contribution in [0.15, 0.2) is 60.8 Å². The van der Waals surface area contributed by atoms with E-state index in [1.165, 1.54) is 0 Å². The highest BCUT2D eigenvalue weighted by molar-refractivity contribution is 6.31. The van der Waals surface area contributed by atoms with Crippen LogP contribution in [-0.2, 0) is 6.54 Å². The molecule has 140 valence electrons. The maximum Gasteiger partial charge on any atom is 0.244 e. The Hall–Kier alpha value is -2.24. The van der Waals surface area contributed by atoms with Crippen molar-refractivity contribution < 1.29 is 8.78 Å². The van der Waals surface area contributed by atoms with Gasteiger partial charge in [-0.15, -0.1) is 0 Å². The van der Waals surface area contributed by atoms with Crippen molar-refractivity contribution in [2.45, 2.75) is 19.0 Å². The van der Waals surface area contributed by atoms with E-state index in [0.717, 1.165) is 22.2 Å². The molecule has 0 radical (unpaired) electrons. The molecule has 2 atom stereocenters. The highest BCUT2D eigenvalue weighted by atomic mass is 35.5. The predicted molar refractivity (Wildman–Crippen MR) is 105 cm³/mol. The van der Waals surface area contributed by atoms with Gasteiger partial charge in [-0.3, -0.25) is 9.88 Å². The number of alkyl halides is 2. The number of anilines is 1. The van der Waals surface area contributed by atoms with Crippen molar-refractivity contribution in [2.75, 3.05) is 18.4 Å². The Morgan fingerprint density at radius 2 is 1.93 bits per heavy atom. The van der Waals surface area contributed by atoms with Crippen LogP contribution in [0.2, 0.25) is 5.02 Å². The minimum Gasteiger partial charge on any atom is -0.380 e. The average Bonchev–Trinajstić information content (AvgIpc) is 3.05. The molecule has 2 aromatic carbocycles. The molecule has 0 saturated carbocycles. The highest BCUT2D eigenvalue weighted by Crippen LogP contribution is 2.30. The van der Waals surface area contributed by atoms with Crippen LogP contribution in [0.5, 0.6) is 0 Å². The number of halogens is 3. The first-order chi connectivity index (χ1) is 13.1. The van der Waals surface area contributed by atoms with Crippen molar-refractivity contribution in [1.29, 1.82) is 0 Å². The van der Waals surface area contributed by atoms with Crippen molar-refractivity contribution in [3.8, 4) is 0 Å². The molecule has 0 unspecified atom stereocenters. The number of pyridine rings is 1. The fourth-order valence-corrected chi connectivity index (χ4v) is 3.91. The third kappa shape index (κ3) is 4.04. The Morgan fingerprint density at radius 3 is 2.70 bits per heavy atom. The number of benzene rings is 2. The molecule has 1 aromatic heterocycles. The lowest BCUT2D eigenvalue weighted by atomic mass is 10.0. The minimum atomic E-state index is -2.37. The molecule has 1 N–H and O–H groups in total. The van der Waals surface area contributed by atoms with Crippen molar-refractivity contribution >= 4 is 28.2 Å². The van der Waals surface area contributed by atoms with Gasteiger partial charge in [-0.05, 0) is 29.8 Å². The molecule has 0 aliphatic carbocycles. The number of rotatable bonds is 5. The molecule has 1 aliphatic rings. The van der Waals surface area contributed by atoms with Crippen LogP contribution in [0.4, 0.5) is 14.5 Å². The van der Waals surface area contributed by atoms with E-state index in [9.17, 15) is 8.78 Å². The number of likely N-dealkylation sites (tertiary alicyclic amines) is 1. The van der Waals surface area contributed by atoms with E-state index < -0.39 is 12.3 Å². The fourth-order valence-electron chi connectivity index (χ4n) is 3.74. The van der Waals surface area contributed by atoms with Gasteiger partial charge in [0.1, 0.15) is 0 Å². The van der Waals surface area contributed by atoms with E-state index in [0.29, 0.717) is 24.7 Å². The minimum absolute atomic E-state index is 0.324. The van der Waals surface area contributed by atoms with E-state index in [1.807, 2.05) is 42.5 Å². The van der Waals surface area contributed by atoms with Crippen LogP contribution < -0.4 is 5.32 Å². The molecule has 1 aliphatic heterocycles. The van der Waals surface area contributed by atoms with Crippen LogP contribution in [0, 0.1) is 5.92 Å². The van der Waals surface area contributed by atoms with Crippen LogP contribution in [0.25, 0.3) is 10.9 Å². The number of aromatic nitrogens is 1. The van der Waals surface area contributed by atoms with Gasteiger partial charge in [-0.2, -0.15) is 0 Å². The number of nitrogens with zero attached hydrogens (tertiary/aromatic N) is 2. The monoisotopic (exact) mass is 387 g/mol. The molecule has 1 saturated heterocycles. The molecule has 0 bridgehead atoms. The Labute approximate surface area is 162 Å². The molecule has 3 aromatic rings. The topological polar surface area (TPSA) is 28.2 Å². The third-order valence-electron chi connectivity index (χ3n) is 5.06. The van der Waals surface area contributed by atoms with Gasteiger partial charge in [0, 0.05) is 48.0 Å². The maximum atomic E-state index is 13.7. The van der Waals surface area contributed by atoms with Gasteiger partial charge in [0.05, 0.1) is 11.4 Å². The van der Waals surface area contributed by atoms with Gasteiger partial charge in [-0.25, -0.2) is 8.78 Å². The summed E-state index contributed by atoms with van der Waals surface area (Å²) in [5.74, 6) is -0.718. The summed E-state index contributed by atoms with van der Waals surface area (Å²) in [6, 6.07) is 16.9. The molecule has 0 spiro atoms. The van der Waals surface area contributed by atoms with Crippen LogP contribution in [-0.4, -0.2) is 35.4 Å². The van der Waals surface area contributed by atoms with E-state index in [-0.39, 0.29) is 6.04 Å². The van der Waals surface area contributed by atoms with Crippen molar-refractivity contribution in [2.24, 2.45) is 5.92 Å². The third-order valence-corrected chi connectivity index (χ3v) is 5.29. The van der Waals surface area contributed by atoms with Gasteiger partial charge in [0.15, 0.2) is 0 Å². The predicted octanol–water partition coefficient (Wildman–Crippen LogP) is 5.07. The lowest BCUT2D eigenvalue weighted by Crippen LogP contribution is -2.32. The quantitative estimate of drug-likeness (QED) is 0.662. The fraction of sp³-hybridized carbons (Fsp3) is 0.286. The van der Waals surface area contributed by atoms with E-state index in [1.54, 1.807) is 18.3 Å². The first-order valence-corrected chi connectivity index (χ1v) is 9.33. The number of hydrogen-bond donors (Lipinski definition) is 1. The second-order valence-corrected chi connectivity index (χ2v) is 7.39. The molecule has 1 fully saturated rings. The summed E-state index contributed by atoms with van der Waals surface area (Å²) in [7, 11) is 0. The van der Waals surface area contributed by atoms with Gasteiger partial charge in [-0.1, -0.05) is 41.9 Å². The molecule has 6 heteroatoms. The summed E-state index contributed by atoms with van der Waals surface area (Å²) in [5, 5.41) is 4.84. The summed E-state index contributed by atoms with van der Waals surface area (Å²) < 4.78 is 27.4. The SMILES string of the molecule is FC(F)[C@@H]1CN(Cc2ccccc2)C[C@H]1Nc1ccnc2cc(Cl)ccc12. The van der Waals surface area contributed by atoms with E-state index >= 15 is 0 Å². The summed E-state index contributed by atoms with van der Waals surface area (Å²) >= 11 is 6.04. The first kappa shape index (κ1) is 18.1. The molecule has 27 heavy (non-hydrogen) atoms. The Bertz CT molecular complexity index is 920. The lowest BCUT2D eigenvalue weighted by molar-refractivity contribution is 0.0766. The summed E-state index contributed by atoms with van der Waals surface area (Å²) in [5.41, 5.74) is 2.70. The van der Waals surface area contributed by atoms with Crippen LogP contribution >= 0.6 is 11.6 Å². The van der Waals surface area contributed by atoms with E-state index in [2.05, 4.69) is 15.2 Å². The Morgan fingerprint density at radius 1 is 1.11 bits per heavy atom. The second kappa shape index (κ2) is 7.79. The number of nitrogens with one attached hydrogen (secondary N) is 1. The zero-order valence-electron chi connectivity index (χ0n) is 14.7. The summed E-state index contributed by atoms with van der Waals surface area (Å²) in [6.45, 7) is 1.62. The first-order valence-electron chi connectivity index (χ1n) is 8.95. The Kier molecular flexibility index (Phi) is 5.23. The molecule has 4 rings (SSSR count). The average molecular weight is 388 g/mol. The number of hydrogen-bond acceptors (Lipinski definition) is 3. The zero-order valence-corrected chi connectivity index (χ0v) is 15.4. The summed E-state index contributed by atoms with van der Waals surface area (Å²) in [6.07, 6.45) is -0.694. The van der Waals surface area contributed by atoms with Gasteiger partial charge < -0.3 is 5.32 Å². The maximum absolute atomic E-state index is 13.7. The zero-order chi connectivity index (χ0) is 18.8. The largest absolute Gasteiger partial charge is 0.380 e. The van der Waals surface area contributed by atoms with E-state index in [4.69, 9.17) is 11.6 Å². The van der Waals surface area contributed by atoms with Gasteiger partial charge in [0.2, 0.25) is 6.43 Å². The molecule has 2 heterocycles. The van der Waals surface area contributed by atoms with Crippen molar-refractivity contribution in [1.82, 2.24) is 9.88 Å². The smallest absolute Gasteiger partial charge is 0.244 e.